The fourth-order valence-electron chi connectivity index (χ4n) is 4.00. The van der Waals surface area contributed by atoms with E-state index in [1.165, 1.54) is 22.0 Å². The zero-order valence-corrected chi connectivity index (χ0v) is 14.9. The lowest BCUT2D eigenvalue weighted by atomic mass is 9.92. The molecule has 0 radical (unpaired) electrons. The molecule has 4 rings (SSSR count). The molecule has 0 aliphatic carbocycles. The number of hydrogen-bond acceptors (Lipinski definition) is 3. The zero-order valence-electron chi connectivity index (χ0n) is 14.9. The van der Waals surface area contributed by atoms with Crippen LogP contribution < -0.4 is 0 Å². The Morgan fingerprint density at radius 1 is 1.28 bits per heavy atom. The molecule has 2 aromatic heterocycles. The van der Waals surface area contributed by atoms with Crippen LogP contribution in [0.2, 0.25) is 0 Å². The Kier molecular flexibility index (Phi) is 4.36. The summed E-state index contributed by atoms with van der Waals surface area (Å²) in [7, 11) is 0. The fourth-order valence-corrected chi connectivity index (χ4v) is 4.00. The Morgan fingerprint density at radius 2 is 2.16 bits per heavy atom. The highest BCUT2D eigenvalue weighted by atomic mass is 16.3. The molecule has 2 N–H and O–H groups in total. The highest BCUT2D eigenvalue weighted by molar-refractivity contribution is 5.82. The highest BCUT2D eigenvalue weighted by Gasteiger charge is 2.34. The molecule has 0 unspecified atom stereocenters. The number of nitrogens with one attached hydrogen (secondary N) is 1. The van der Waals surface area contributed by atoms with Gasteiger partial charge in [-0.1, -0.05) is 18.2 Å². The third-order valence-corrected chi connectivity index (χ3v) is 5.40. The van der Waals surface area contributed by atoms with Gasteiger partial charge in [0.1, 0.15) is 0 Å². The van der Waals surface area contributed by atoms with Crippen LogP contribution in [0.4, 0.5) is 0 Å². The van der Waals surface area contributed by atoms with Crippen LogP contribution in [0.15, 0.2) is 42.9 Å². The maximum atomic E-state index is 9.88. The molecule has 1 aliphatic heterocycles. The van der Waals surface area contributed by atoms with Gasteiger partial charge in [-0.25, -0.2) is 0 Å². The third-order valence-electron chi connectivity index (χ3n) is 5.40. The third kappa shape index (κ3) is 3.10. The molecular weight excluding hydrogens is 312 g/mol. The molecule has 0 amide bonds. The van der Waals surface area contributed by atoms with Crippen molar-refractivity contribution in [2.75, 3.05) is 19.7 Å². The van der Waals surface area contributed by atoms with E-state index in [2.05, 4.69) is 59.3 Å². The van der Waals surface area contributed by atoms with Gasteiger partial charge in [0.25, 0.3) is 0 Å². The van der Waals surface area contributed by atoms with Crippen LogP contribution in [0.5, 0.6) is 0 Å². The summed E-state index contributed by atoms with van der Waals surface area (Å²) in [5, 5.41) is 15.6. The number of aromatic nitrogens is 3. The van der Waals surface area contributed by atoms with Gasteiger partial charge in [0.05, 0.1) is 6.20 Å². The van der Waals surface area contributed by atoms with Crippen molar-refractivity contribution in [1.82, 2.24) is 19.7 Å². The van der Waals surface area contributed by atoms with Gasteiger partial charge in [0.2, 0.25) is 0 Å². The van der Waals surface area contributed by atoms with Gasteiger partial charge in [0, 0.05) is 62.0 Å². The lowest BCUT2D eigenvalue weighted by Gasteiger charge is -2.16. The number of aliphatic hydroxyl groups is 1. The number of aliphatic hydroxyl groups excluding tert-OH is 1. The van der Waals surface area contributed by atoms with Crippen molar-refractivity contribution in [1.29, 1.82) is 0 Å². The number of likely N-dealkylation sites (tertiary alicyclic amines) is 1. The van der Waals surface area contributed by atoms with Gasteiger partial charge < -0.3 is 10.1 Å². The number of hydrogen-bond donors (Lipinski definition) is 2. The summed E-state index contributed by atoms with van der Waals surface area (Å²) in [5.74, 6) is 0.619. The van der Waals surface area contributed by atoms with Crippen molar-refractivity contribution in [3.05, 3.63) is 54.0 Å². The standard InChI is InChI=1S/C20H26N4O/c1-14(2)24-11-17(8-22-24)19-12-23(10-18(19)13-25)9-16-5-3-4-15-6-7-21-20(15)16/h3-8,11,14,18-19,21,25H,9-10,12-13H2,1-2H3/t18-,19-/m0/s1. The summed E-state index contributed by atoms with van der Waals surface area (Å²) in [6.07, 6.45) is 6.12. The highest BCUT2D eigenvalue weighted by Crippen LogP contribution is 2.34. The molecule has 3 aromatic rings. The number of fused-ring (bicyclic) bond motifs is 1. The van der Waals surface area contributed by atoms with E-state index in [0.717, 1.165) is 19.6 Å². The van der Waals surface area contributed by atoms with Gasteiger partial charge in [-0.05, 0) is 36.4 Å². The average Bonchev–Trinajstić information content (AvgIpc) is 3.33. The summed E-state index contributed by atoms with van der Waals surface area (Å²) >= 11 is 0. The molecule has 5 heteroatoms. The van der Waals surface area contributed by atoms with Crippen LogP contribution in [-0.4, -0.2) is 44.5 Å². The maximum Gasteiger partial charge on any atom is 0.0525 e. The van der Waals surface area contributed by atoms with Crippen LogP contribution >= 0.6 is 0 Å². The molecule has 3 heterocycles. The van der Waals surface area contributed by atoms with E-state index >= 15 is 0 Å². The molecule has 132 valence electrons. The maximum absolute atomic E-state index is 9.88. The molecule has 0 bridgehead atoms. The second-order valence-corrected chi connectivity index (χ2v) is 7.45. The molecule has 1 aromatic carbocycles. The molecule has 25 heavy (non-hydrogen) atoms. The van der Waals surface area contributed by atoms with Crippen molar-refractivity contribution in [2.45, 2.75) is 32.4 Å². The van der Waals surface area contributed by atoms with Crippen LogP contribution in [0.25, 0.3) is 10.9 Å². The minimum Gasteiger partial charge on any atom is -0.396 e. The lowest BCUT2D eigenvalue weighted by molar-refractivity contribution is 0.214. The van der Waals surface area contributed by atoms with E-state index in [1.807, 2.05) is 17.1 Å². The van der Waals surface area contributed by atoms with Gasteiger partial charge in [-0.2, -0.15) is 5.10 Å². The van der Waals surface area contributed by atoms with Gasteiger partial charge >= 0.3 is 0 Å². The molecule has 5 nitrogen and oxygen atoms in total. The molecule has 2 atom stereocenters. The number of benzene rings is 1. The minimum atomic E-state index is 0.223. The number of nitrogens with zero attached hydrogens (tertiary/aromatic N) is 3. The monoisotopic (exact) mass is 338 g/mol. The van der Waals surface area contributed by atoms with Crippen molar-refractivity contribution in [3.8, 4) is 0 Å². The first-order valence-corrected chi connectivity index (χ1v) is 9.08. The predicted molar refractivity (Wildman–Crippen MR) is 99.5 cm³/mol. The second-order valence-electron chi connectivity index (χ2n) is 7.45. The summed E-state index contributed by atoms with van der Waals surface area (Å²) in [5.41, 5.74) is 3.78. The molecule has 1 saturated heterocycles. The molecule has 0 spiro atoms. The van der Waals surface area contributed by atoms with E-state index in [1.54, 1.807) is 0 Å². The van der Waals surface area contributed by atoms with Crippen molar-refractivity contribution in [3.63, 3.8) is 0 Å². The Labute approximate surface area is 148 Å². The normalized spacial score (nSPS) is 21.6. The van der Waals surface area contributed by atoms with Crippen LogP contribution in [0, 0.1) is 5.92 Å². The quantitative estimate of drug-likeness (QED) is 0.751. The van der Waals surface area contributed by atoms with E-state index in [4.69, 9.17) is 0 Å². The Morgan fingerprint density at radius 3 is 2.92 bits per heavy atom. The van der Waals surface area contributed by atoms with Crippen LogP contribution in [0.3, 0.4) is 0 Å². The summed E-state index contributed by atoms with van der Waals surface area (Å²) in [6.45, 7) is 7.29. The van der Waals surface area contributed by atoms with Crippen molar-refractivity contribution < 1.29 is 5.11 Å². The zero-order chi connectivity index (χ0) is 17.4. The number of aromatic amines is 1. The summed E-state index contributed by atoms with van der Waals surface area (Å²) < 4.78 is 2.01. The van der Waals surface area contributed by atoms with E-state index in [-0.39, 0.29) is 12.5 Å². The van der Waals surface area contributed by atoms with Gasteiger partial charge in [-0.15, -0.1) is 0 Å². The van der Waals surface area contributed by atoms with E-state index < -0.39 is 0 Å². The van der Waals surface area contributed by atoms with Crippen LogP contribution in [-0.2, 0) is 6.54 Å². The van der Waals surface area contributed by atoms with Crippen molar-refractivity contribution >= 4 is 10.9 Å². The first kappa shape index (κ1) is 16.4. The minimum absolute atomic E-state index is 0.223. The number of H-pyrrole nitrogens is 1. The Balaban J connectivity index is 1.53. The largest absolute Gasteiger partial charge is 0.396 e. The topological polar surface area (TPSA) is 57.1 Å². The van der Waals surface area contributed by atoms with Gasteiger partial charge in [-0.3, -0.25) is 9.58 Å². The average molecular weight is 338 g/mol. The van der Waals surface area contributed by atoms with Crippen molar-refractivity contribution in [2.24, 2.45) is 5.92 Å². The molecule has 1 fully saturated rings. The van der Waals surface area contributed by atoms with Gasteiger partial charge in [0.15, 0.2) is 0 Å². The molecular formula is C20H26N4O. The molecule has 0 saturated carbocycles. The number of rotatable bonds is 5. The SMILES string of the molecule is CC(C)n1cc([C@@H]2CN(Cc3cccc4cc[nH]c34)C[C@H]2CO)cn1. The van der Waals surface area contributed by atoms with Crippen LogP contribution in [0.1, 0.15) is 36.9 Å². The first-order valence-electron chi connectivity index (χ1n) is 9.08. The Hall–Kier alpha value is -2.11. The number of para-hydroxylation sites is 1. The smallest absolute Gasteiger partial charge is 0.0525 e. The first-order chi connectivity index (χ1) is 12.2. The van der Waals surface area contributed by atoms with E-state index in [0.29, 0.717) is 12.0 Å². The predicted octanol–water partition coefficient (Wildman–Crippen LogP) is 3.15. The lowest BCUT2D eigenvalue weighted by Crippen LogP contribution is -2.21. The molecule has 1 aliphatic rings. The van der Waals surface area contributed by atoms with E-state index in [9.17, 15) is 5.11 Å². The second kappa shape index (κ2) is 6.65. The fraction of sp³-hybridized carbons (Fsp3) is 0.450. The summed E-state index contributed by atoms with van der Waals surface area (Å²) in [6, 6.07) is 8.93. The Bertz CT molecular complexity index is 850. The summed E-state index contributed by atoms with van der Waals surface area (Å²) in [4.78, 5) is 5.81.